The van der Waals surface area contributed by atoms with Crippen molar-refractivity contribution < 1.29 is 5.11 Å². The summed E-state index contributed by atoms with van der Waals surface area (Å²) in [5, 5.41) is 29.4. The lowest BCUT2D eigenvalue weighted by atomic mass is 9.48. The van der Waals surface area contributed by atoms with E-state index < -0.39 is 6.23 Å². The van der Waals surface area contributed by atoms with Gasteiger partial charge in [0.15, 0.2) is 0 Å². The summed E-state index contributed by atoms with van der Waals surface area (Å²) in [6.07, 6.45) is 6.11. The molecule has 2 N–H and O–H groups in total. The zero-order chi connectivity index (χ0) is 25.7. The molecule has 1 spiro atoms. The summed E-state index contributed by atoms with van der Waals surface area (Å²) in [6.45, 7) is 14.1. The number of aliphatic hydroxyl groups is 1. The molecule has 2 aliphatic heterocycles. The summed E-state index contributed by atoms with van der Waals surface area (Å²) in [6, 6.07) is 6.84. The van der Waals surface area contributed by atoms with Crippen LogP contribution in [-0.4, -0.2) is 57.6 Å². The van der Waals surface area contributed by atoms with Gasteiger partial charge in [-0.3, -0.25) is 10.00 Å². The van der Waals surface area contributed by atoms with Crippen molar-refractivity contribution in [1.29, 1.82) is 5.26 Å². The standard InChI is InChI=1S/C30H34N6O/c1-5-24(37)36-15-30(16-36)8-9-35(14-30)28-20(12-31)26(25-17(2)6-7-23-21(25)13-32-34-23)19-10-18-11-22(27(19)33-28)29(18,3)4/h5-7,13,18,22,24,37H,1,8-11,14-16H2,2-4H3,(H,32,34)/t18-,22-,24?/m0/s1. The van der Waals surface area contributed by atoms with Gasteiger partial charge in [0.1, 0.15) is 23.7 Å². The third-order valence-corrected chi connectivity index (χ3v) is 10.2. The highest BCUT2D eigenvalue weighted by atomic mass is 16.3. The number of aromatic amines is 1. The minimum atomic E-state index is -0.588. The van der Waals surface area contributed by atoms with Crippen LogP contribution in [0.2, 0.25) is 0 Å². The van der Waals surface area contributed by atoms with Crippen LogP contribution in [0.3, 0.4) is 0 Å². The maximum absolute atomic E-state index is 10.7. The van der Waals surface area contributed by atoms with Gasteiger partial charge in [-0.1, -0.05) is 26.5 Å². The van der Waals surface area contributed by atoms with Crippen LogP contribution in [0.25, 0.3) is 22.0 Å². The molecule has 37 heavy (non-hydrogen) atoms. The number of aliphatic hydroxyl groups excluding tert-OH is 1. The lowest BCUT2D eigenvalue weighted by Gasteiger charge is -2.57. The molecule has 7 heteroatoms. The fraction of sp³-hybridized carbons (Fsp3) is 0.500. The van der Waals surface area contributed by atoms with Gasteiger partial charge in [0.2, 0.25) is 0 Å². The predicted molar refractivity (Wildman–Crippen MR) is 144 cm³/mol. The molecule has 3 aliphatic carbocycles. The van der Waals surface area contributed by atoms with Crippen molar-refractivity contribution in [3.63, 3.8) is 0 Å². The smallest absolute Gasteiger partial charge is 0.147 e. The van der Waals surface area contributed by atoms with Gasteiger partial charge < -0.3 is 10.0 Å². The van der Waals surface area contributed by atoms with Crippen LogP contribution in [0.15, 0.2) is 31.0 Å². The lowest BCUT2D eigenvalue weighted by molar-refractivity contribution is -0.0786. The molecule has 2 bridgehead atoms. The molecule has 0 amide bonds. The fourth-order valence-corrected chi connectivity index (χ4v) is 7.79. The van der Waals surface area contributed by atoms with Crippen molar-refractivity contribution in [3.05, 3.63) is 53.4 Å². The zero-order valence-electron chi connectivity index (χ0n) is 21.9. The van der Waals surface area contributed by atoms with E-state index in [0.29, 0.717) is 17.4 Å². The Balaban J connectivity index is 1.39. The van der Waals surface area contributed by atoms with Crippen LogP contribution in [0, 0.1) is 35.0 Å². The minimum absolute atomic E-state index is 0.135. The Morgan fingerprint density at radius 2 is 2.08 bits per heavy atom. The number of benzene rings is 1. The molecule has 2 aromatic heterocycles. The monoisotopic (exact) mass is 494 g/mol. The van der Waals surface area contributed by atoms with Crippen molar-refractivity contribution in [2.45, 2.75) is 52.2 Å². The fourth-order valence-electron chi connectivity index (χ4n) is 7.79. The second-order valence-electron chi connectivity index (χ2n) is 12.5. The highest BCUT2D eigenvalue weighted by Crippen LogP contribution is 2.63. The van der Waals surface area contributed by atoms with E-state index in [1.165, 1.54) is 17.7 Å². The molecule has 3 aromatic rings. The molecule has 5 aliphatic rings. The second kappa shape index (κ2) is 7.66. The molecule has 190 valence electrons. The van der Waals surface area contributed by atoms with Crippen molar-refractivity contribution in [2.24, 2.45) is 16.7 Å². The van der Waals surface area contributed by atoms with Gasteiger partial charge in [-0.05, 0) is 66.4 Å². The van der Waals surface area contributed by atoms with E-state index in [1.54, 1.807) is 6.08 Å². The third kappa shape index (κ3) is 3.06. The maximum atomic E-state index is 10.7. The lowest BCUT2D eigenvalue weighted by Crippen LogP contribution is -2.60. The van der Waals surface area contributed by atoms with Crippen LogP contribution < -0.4 is 4.90 Å². The van der Waals surface area contributed by atoms with Crippen LogP contribution in [0.5, 0.6) is 0 Å². The number of likely N-dealkylation sites (tertiary alicyclic amines) is 1. The van der Waals surface area contributed by atoms with E-state index in [1.807, 2.05) is 6.20 Å². The predicted octanol–water partition coefficient (Wildman–Crippen LogP) is 4.51. The molecule has 1 aromatic carbocycles. The van der Waals surface area contributed by atoms with E-state index in [0.717, 1.165) is 72.4 Å². The first-order valence-corrected chi connectivity index (χ1v) is 13.5. The van der Waals surface area contributed by atoms with E-state index in [4.69, 9.17) is 4.98 Å². The Kier molecular flexibility index (Phi) is 4.75. The highest BCUT2D eigenvalue weighted by Gasteiger charge is 2.55. The van der Waals surface area contributed by atoms with Crippen molar-refractivity contribution in [1.82, 2.24) is 20.1 Å². The van der Waals surface area contributed by atoms with Gasteiger partial charge in [-0.2, -0.15) is 10.4 Å². The number of anilines is 1. The Bertz CT molecular complexity index is 1490. The number of nitriles is 1. The van der Waals surface area contributed by atoms with Gasteiger partial charge in [0.05, 0.1) is 17.4 Å². The van der Waals surface area contributed by atoms with E-state index in [9.17, 15) is 10.4 Å². The Hall–Kier alpha value is -3.21. The largest absolute Gasteiger partial charge is 0.375 e. The summed E-state index contributed by atoms with van der Waals surface area (Å²) in [4.78, 5) is 9.77. The van der Waals surface area contributed by atoms with Gasteiger partial charge in [-0.15, -0.1) is 0 Å². The normalized spacial score (nSPS) is 25.9. The molecule has 8 rings (SSSR count). The van der Waals surface area contributed by atoms with Crippen molar-refractivity contribution in [2.75, 3.05) is 31.1 Å². The van der Waals surface area contributed by atoms with Gasteiger partial charge in [-0.25, -0.2) is 4.98 Å². The molecule has 3 atom stereocenters. The quantitative estimate of drug-likeness (QED) is 0.519. The van der Waals surface area contributed by atoms with E-state index in [2.05, 4.69) is 65.5 Å². The number of aryl methyl sites for hydroxylation is 1. The summed E-state index contributed by atoms with van der Waals surface area (Å²) < 4.78 is 0. The van der Waals surface area contributed by atoms with E-state index in [-0.39, 0.29) is 10.8 Å². The molecular weight excluding hydrogens is 460 g/mol. The highest BCUT2D eigenvalue weighted by molar-refractivity contribution is 5.99. The second-order valence-corrected chi connectivity index (χ2v) is 12.5. The maximum Gasteiger partial charge on any atom is 0.147 e. The molecule has 0 radical (unpaired) electrons. The summed E-state index contributed by atoms with van der Waals surface area (Å²) in [7, 11) is 0. The number of rotatable bonds is 4. The SMILES string of the molecule is C=CC(O)N1CC2(CCN(c3nc4c(c(-c5c(C)ccc6[nH]ncc56)c3C#N)C[C@H]3C[C@@H]4C3(C)C)C2)C1. The molecular formula is C30H34N6O. The summed E-state index contributed by atoms with van der Waals surface area (Å²) in [5.41, 5.74) is 7.91. The first-order valence-electron chi connectivity index (χ1n) is 13.5. The zero-order valence-corrected chi connectivity index (χ0v) is 21.9. The van der Waals surface area contributed by atoms with Crippen molar-refractivity contribution in [3.8, 4) is 17.2 Å². The van der Waals surface area contributed by atoms with Gasteiger partial charge >= 0.3 is 0 Å². The minimum Gasteiger partial charge on any atom is -0.375 e. The van der Waals surface area contributed by atoms with Crippen LogP contribution in [0.1, 0.15) is 55.0 Å². The van der Waals surface area contributed by atoms with Crippen molar-refractivity contribution >= 4 is 16.7 Å². The molecule has 3 fully saturated rings. The number of fused-ring (bicyclic) bond motifs is 1. The number of pyridine rings is 1. The van der Waals surface area contributed by atoms with Crippen LogP contribution in [-0.2, 0) is 6.42 Å². The average Bonchev–Trinajstić information content (AvgIpc) is 3.53. The summed E-state index contributed by atoms with van der Waals surface area (Å²) in [5.74, 6) is 1.89. The van der Waals surface area contributed by atoms with Crippen LogP contribution in [0.4, 0.5) is 5.82 Å². The Morgan fingerprint density at radius 1 is 1.27 bits per heavy atom. The third-order valence-electron chi connectivity index (χ3n) is 10.2. The average molecular weight is 495 g/mol. The number of nitrogens with one attached hydrogen (secondary N) is 1. The van der Waals surface area contributed by atoms with Crippen LogP contribution >= 0.6 is 0 Å². The number of hydrogen-bond acceptors (Lipinski definition) is 6. The van der Waals surface area contributed by atoms with E-state index >= 15 is 0 Å². The topological polar surface area (TPSA) is 92.1 Å². The molecule has 2 saturated heterocycles. The Labute approximate surface area is 217 Å². The first kappa shape index (κ1) is 22.9. The van der Waals surface area contributed by atoms with Gasteiger partial charge in [0.25, 0.3) is 0 Å². The number of aromatic nitrogens is 3. The molecule has 7 nitrogen and oxygen atoms in total. The molecule has 1 saturated carbocycles. The Morgan fingerprint density at radius 3 is 2.81 bits per heavy atom. The number of H-pyrrole nitrogens is 1. The molecule has 4 heterocycles. The molecule has 1 unspecified atom stereocenters. The summed E-state index contributed by atoms with van der Waals surface area (Å²) >= 11 is 0. The number of hydrogen-bond donors (Lipinski definition) is 2. The number of nitrogens with zero attached hydrogens (tertiary/aromatic N) is 5. The van der Waals surface area contributed by atoms with Gasteiger partial charge in [0, 0.05) is 48.5 Å². The first-order chi connectivity index (χ1) is 17.8.